The minimum absolute atomic E-state index is 0.0487. The molecule has 10 rings (SSSR count). The highest BCUT2D eigenvalue weighted by Gasteiger charge is 2.24. The van der Waals surface area contributed by atoms with Crippen LogP contribution in [0.3, 0.4) is 0 Å². The number of nitrogens with one attached hydrogen (secondary N) is 2. The zero-order valence-electron chi connectivity index (χ0n) is 29.8. The lowest BCUT2D eigenvalue weighted by Crippen LogP contribution is -2.39. The number of fused-ring (bicyclic) bond motifs is 4. The third kappa shape index (κ3) is 5.93. The summed E-state index contributed by atoms with van der Waals surface area (Å²) in [6.45, 7) is 0. The first-order valence-corrected chi connectivity index (χ1v) is 18.7. The maximum atomic E-state index is 3.89. The van der Waals surface area contributed by atoms with E-state index in [1.807, 2.05) is 0 Å². The molecule has 0 fully saturated rings. The van der Waals surface area contributed by atoms with E-state index in [0.717, 1.165) is 11.3 Å². The second-order valence-electron chi connectivity index (χ2n) is 14.2. The van der Waals surface area contributed by atoms with Gasteiger partial charge in [0, 0.05) is 5.70 Å². The maximum Gasteiger partial charge on any atom is 0.104 e. The summed E-state index contributed by atoms with van der Waals surface area (Å²) < 4.78 is 0. The molecule has 0 radical (unpaired) electrons. The molecule has 256 valence electrons. The van der Waals surface area contributed by atoms with Crippen LogP contribution in [-0.2, 0) is 0 Å². The summed E-state index contributed by atoms with van der Waals surface area (Å²) in [5.74, 6) is 0. The topological polar surface area (TPSA) is 24.1 Å². The highest BCUT2D eigenvalue weighted by Crippen LogP contribution is 2.40. The lowest BCUT2D eigenvalue weighted by molar-refractivity contribution is 0.443. The standard InChI is InChI=1S/C52H38N2/c1-3-11-35(12-4-1)36-19-21-37(22-20-36)38-23-25-41(26-24-38)50-34-49(40-14-5-2-6-15-40)53-52(54-50)43-29-27-42(28-30-43)51-46-18-10-8-16-44(46)33-48-45-17-9-7-13-39(45)31-32-47(48)51/h1-34,49,52-54H. The van der Waals surface area contributed by atoms with Crippen molar-refractivity contribution in [1.29, 1.82) is 0 Å². The van der Waals surface area contributed by atoms with Crippen LogP contribution < -0.4 is 10.6 Å². The van der Waals surface area contributed by atoms with Crippen LogP contribution in [0.25, 0.3) is 71.4 Å². The van der Waals surface area contributed by atoms with Crippen molar-refractivity contribution in [2.24, 2.45) is 0 Å². The third-order valence-electron chi connectivity index (χ3n) is 11.0. The Bertz CT molecular complexity index is 2780. The van der Waals surface area contributed by atoms with Crippen molar-refractivity contribution in [3.63, 3.8) is 0 Å². The van der Waals surface area contributed by atoms with Crippen LogP contribution in [0.15, 0.2) is 206 Å². The molecular weight excluding hydrogens is 653 g/mol. The molecule has 9 aromatic rings. The summed E-state index contributed by atoms with van der Waals surface area (Å²) >= 11 is 0. The Morgan fingerprint density at radius 2 is 0.870 bits per heavy atom. The molecule has 0 amide bonds. The van der Waals surface area contributed by atoms with E-state index in [4.69, 9.17) is 0 Å². The average molecular weight is 691 g/mol. The normalized spacial score (nSPS) is 15.6. The van der Waals surface area contributed by atoms with Crippen molar-refractivity contribution in [3.8, 4) is 33.4 Å². The molecule has 2 N–H and O–H groups in total. The van der Waals surface area contributed by atoms with Gasteiger partial charge >= 0.3 is 0 Å². The van der Waals surface area contributed by atoms with E-state index in [1.54, 1.807) is 0 Å². The Morgan fingerprint density at radius 1 is 0.333 bits per heavy atom. The van der Waals surface area contributed by atoms with Gasteiger partial charge in [-0.15, -0.1) is 0 Å². The fourth-order valence-corrected chi connectivity index (χ4v) is 8.15. The van der Waals surface area contributed by atoms with Gasteiger partial charge in [-0.05, 0) is 94.5 Å². The molecule has 0 spiro atoms. The molecular formula is C52H38N2. The second-order valence-corrected chi connectivity index (χ2v) is 14.2. The first-order chi connectivity index (χ1) is 26.7. The fourth-order valence-electron chi connectivity index (χ4n) is 8.15. The van der Waals surface area contributed by atoms with E-state index in [0.29, 0.717) is 0 Å². The Labute approximate surface area is 316 Å². The predicted molar refractivity (Wildman–Crippen MR) is 228 cm³/mol. The van der Waals surface area contributed by atoms with Crippen LogP contribution >= 0.6 is 0 Å². The summed E-state index contributed by atoms with van der Waals surface area (Å²) in [4.78, 5) is 0. The molecule has 1 aliphatic heterocycles. The molecule has 2 atom stereocenters. The Kier molecular flexibility index (Phi) is 8.09. The fraction of sp³-hybridized carbons (Fsp3) is 0.0385. The van der Waals surface area contributed by atoms with E-state index < -0.39 is 0 Å². The van der Waals surface area contributed by atoms with Gasteiger partial charge in [0.2, 0.25) is 0 Å². The number of rotatable bonds is 6. The lowest BCUT2D eigenvalue weighted by atomic mass is 9.89. The Hall–Kier alpha value is -6.74. The van der Waals surface area contributed by atoms with Gasteiger partial charge in [0.1, 0.15) is 6.17 Å². The molecule has 1 heterocycles. The Morgan fingerprint density at radius 3 is 1.56 bits per heavy atom. The van der Waals surface area contributed by atoms with Crippen molar-refractivity contribution >= 4 is 38.0 Å². The van der Waals surface area contributed by atoms with E-state index in [9.17, 15) is 0 Å². The van der Waals surface area contributed by atoms with Crippen LogP contribution in [-0.4, -0.2) is 0 Å². The molecule has 0 saturated carbocycles. The van der Waals surface area contributed by atoms with Crippen LogP contribution in [0, 0.1) is 0 Å². The average Bonchev–Trinajstić information content (AvgIpc) is 3.26. The van der Waals surface area contributed by atoms with Gasteiger partial charge in [0.05, 0.1) is 6.04 Å². The van der Waals surface area contributed by atoms with Crippen molar-refractivity contribution in [2.75, 3.05) is 0 Å². The summed E-state index contributed by atoms with van der Waals surface area (Å²) in [6.07, 6.45) is 2.24. The van der Waals surface area contributed by atoms with Crippen molar-refractivity contribution in [2.45, 2.75) is 12.2 Å². The minimum Gasteiger partial charge on any atom is -0.366 e. The predicted octanol–water partition coefficient (Wildman–Crippen LogP) is 13.1. The molecule has 0 aliphatic carbocycles. The van der Waals surface area contributed by atoms with Gasteiger partial charge in [0.15, 0.2) is 0 Å². The molecule has 0 bridgehead atoms. The minimum atomic E-state index is -0.0809. The molecule has 2 heteroatoms. The molecule has 0 aromatic heterocycles. The first-order valence-electron chi connectivity index (χ1n) is 18.7. The lowest BCUT2D eigenvalue weighted by Gasteiger charge is -2.33. The molecule has 0 saturated heterocycles. The van der Waals surface area contributed by atoms with Crippen LogP contribution in [0.5, 0.6) is 0 Å². The largest absolute Gasteiger partial charge is 0.366 e. The van der Waals surface area contributed by atoms with Gasteiger partial charge in [-0.2, -0.15) is 0 Å². The highest BCUT2D eigenvalue weighted by atomic mass is 15.2. The van der Waals surface area contributed by atoms with E-state index in [2.05, 4.69) is 217 Å². The molecule has 2 nitrogen and oxygen atoms in total. The molecule has 54 heavy (non-hydrogen) atoms. The molecule has 1 aliphatic rings. The smallest absolute Gasteiger partial charge is 0.104 e. The molecule has 2 unspecified atom stereocenters. The van der Waals surface area contributed by atoms with E-state index in [1.165, 1.54) is 76.8 Å². The second kappa shape index (κ2) is 13.7. The monoisotopic (exact) mass is 690 g/mol. The van der Waals surface area contributed by atoms with Crippen molar-refractivity contribution < 1.29 is 0 Å². The summed E-state index contributed by atoms with van der Waals surface area (Å²) in [7, 11) is 0. The van der Waals surface area contributed by atoms with Gasteiger partial charge in [-0.25, -0.2) is 0 Å². The summed E-state index contributed by atoms with van der Waals surface area (Å²) in [5, 5.41) is 15.4. The van der Waals surface area contributed by atoms with E-state index in [-0.39, 0.29) is 12.2 Å². The summed E-state index contributed by atoms with van der Waals surface area (Å²) in [6, 6.07) is 72.6. The van der Waals surface area contributed by atoms with Crippen LogP contribution in [0.2, 0.25) is 0 Å². The zero-order chi connectivity index (χ0) is 35.8. The number of hydrogen-bond donors (Lipinski definition) is 2. The van der Waals surface area contributed by atoms with Gasteiger partial charge in [-0.1, -0.05) is 194 Å². The third-order valence-corrected chi connectivity index (χ3v) is 11.0. The van der Waals surface area contributed by atoms with Gasteiger partial charge in [-0.3, -0.25) is 5.32 Å². The Balaban J connectivity index is 0.980. The first kappa shape index (κ1) is 32.0. The van der Waals surface area contributed by atoms with E-state index >= 15 is 0 Å². The van der Waals surface area contributed by atoms with Crippen LogP contribution in [0.1, 0.15) is 28.9 Å². The van der Waals surface area contributed by atoms with Crippen molar-refractivity contribution in [1.82, 2.24) is 10.6 Å². The maximum absolute atomic E-state index is 3.89. The SMILES string of the molecule is C1=C(c2ccc(-c3ccc(-c4ccccc4)cc3)cc2)NC(c2ccc(-c3c4ccccc4cc4c3ccc3ccccc34)cc2)NC1c1ccccc1. The zero-order valence-corrected chi connectivity index (χ0v) is 29.8. The highest BCUT2D eigenvalue weighted by molar-refractivity contribution is 6.20. The number of benzene rings is 9. The summed E-state index contributed by atoms with van der Waals surface area (Å²) in [5.41, 5.74) is 12.1. The van der Waals surface area contributed by atoms with Gasteiger partial charge in [0.25, 0.3) is 0 Å². The van der Waals surface area contributed by atoms with Gasteiger partial charge < -0.3 is 5.32 Å². The van der Waals surface area contributed by atoms with Crippen LogP contribution in [0.4, 0.5) is 0 Å². The quantitative estimate of drug-likeness (QED) is 0.134. The van der Waals surface area contributed by atoms with Crippen molar-refractivity contribution in [3.05, 3.63) is 223 Å². The number of hydrogen-bond acceptors (Lipinski definition) is 2. The molecule has 9 aromatic carbocycles.